The van der Waals surface area contributed by atoms with E-state index in [0.717, 1.165) is 30.7 Å². The van der Waals surface area contributed by atoms with E-state index in [4.69, 9.17) is 4.74 Å². The molecule has 138 valence electrons. The van der Waals surface area contributed by atoms with E-state index in [1.807, 2.05) is 6.92 Å². The average molecular weight is 388 g/mol. The fourth-order valence-electron chi connectivity index (χ4n) is 1.57. The molecule has 0 spiro atoms. The quantitative estimate of drug-likeness (QED) is 0.200. The van der Waals surface area contributed by atoms with E-state index < -0.39 is 21.5 Å². The monoisotopic (exact) mass is 388 g/mol. The Labute approximate surface area is 143 Å². The number of alkyl halides is 3. The van der Waals surface area contributed by atoms with Crippen LogP contribution in [0, 0.1) is 0 Å². The van der Waals surface area contributed by atoms with Crippen LogP contribution in [0.3, 0.4) is 0 Å². The topological polar surface area (TPSA) is 78.4 Å². The second-order valence-electron chi connectivity index (χ2n) is 4.74. The van der Waals surface area contributed by atoms with Crippen molar-refractivity contribution >= 4 is 21.9 Å². The molecule has 0 bridgehead atoms. The van der Waals surface area contributed by atoms with Crippen LogP contribution < -0.4 is 4.18 Å². The van der Waals surface area contributed by atoms with E-state index in [1.165, 1.54) is 0 Å². The highest BCUT2D eigenvalue weighted by Gasteiger charge is 2.48. The number of ether oxygens (including phenoxy) is 1. The van der Waals surface area contributed by atoms with Crippen molar-refractivity contribution in [3.63, 3.8) is 0 Å². The average Bonchev–Trinajstić information content (AvgIpc) is 2.49. The summed E-state index contributed by atoms with van der Waals surface area (Å²) >= 11 is 1.07. The second-order valence-corrected chi connectivity index (χ2v) is 7.05. The zero-order chi connectivity index (χ0) is 18.2. The van der Waals surface area contributed by atoms with Crippen molar-refractivity contribution < 1.29 is 30.5 Å². The summed E-state index contributed by atoms with van der Waals surface area (Å²) in [5, 5.41) is 0.131. The van der Waals surface area contributed by atoms with Gasteiger partial charge < -0.3 is 8.92 Å². The summed E-state index contributed by atoms with van der Waals surface area (Å²) in [7, 11) is -5.75. The highest BCUT2D eigenvalue weighted by atomic mass is 32.2. The minimum Gasteiger partial charge on any atom is -0.381 e. The summed E-state index contributed by atoms with van der Waals surface area (Å²) in [4.78, 5) is 7.76. The van der Waals surface area contributed by atoms with Gasteiger partial charge in [-0.1, -0.05) is 25.1 Å². The first-order chi connectivity index (χ1) is 11.2. The lowest BCUT2D eigenvalue weighted by atomic mass is 10.2. The van der Waals surface area contributed by atoms with Crippen molar-refractivity contribution in [1.29, 1.82) is 0 Å². The maximum Gasteiger partial charge on any atom is 0.534 e. The van der Waals surface area contributed by atoms with Crippen molar-refractivity contribution in [3.8, 4) is 5.88 Å². The van der Waals surface area contributed by atoms with Gasteiger partial charge in [0.05, 0.1) is 0 Å². The number of unbranched alkanes of at least 4 members (excludes halogenated alkanes) is 1. The second kappa shape index (κ2) is 9.42. The molecule has 0 amide bonds. The molecule has 0 aliphatic carbocycles. The first-order valence-corrected chi connectivity index (χ1v) is 9.83. The molecular formula is C13H19F3N2O4S2. The molecule has 0 radical (unpaired) electrons. The molecule has 0 N–H and O–H groups in total. The van der Waals surface area contributed by atoms with Crippen molar-refractivity contribution in [2.45, 2.75) is 43.3 Å². The van der Waals surface area contributed by atoms with Gasteiger partial charge in [0.1, 0.15) is 0 Å². The maximum atomic E-state index is 12.4. The molecule has 1 rings (SSSR count). The minimum atomic E-state index is -5.75. The number of hydrogen-bond acceptors (Lipinski definition) is 7. The summed E-state index contributed by atoms with van der Waals surface area (Å²) in [6.07, 6.45) is 4.61. The smallest absolute Gasteiger partial charge is 0.381 e. The van der Waals surface area contributed by atoms with Gasteiger partial charge in [-0.3, -0.25) is 0 Å². The summed E-state index contributed by atoms with van der Waals surface area (Å²) in [6, 6.07) is 1.09. The van der Waals surface area contributed by atoms with Gasteiger partial charge >= 0.3 is 15.6 Å². The van der Waals surface area contributed by atoms with Crippen LogP contribution >= 0.6 is 11.8 Å². The van der Waals surface area contributed by atoms with Crippen LogP contribution in [0.1, 0.15) is 31.9 Å². The van der Waals surface area contributed by atoms with E-state index in [9.17, 15) is 21.6 Å². The van der Waals surface area contributed by atoms with E-state index in [2.05, 4.69) is 14.2 Å². The van der Waals surface area contributed by atoms with Gasteiger partial charge in [0.25, 0.3) is 0 Å². The molecule has 0 aromatic carbocycles. The molecular weight excluding hydrogens is 369 g/mol. The zero-order valence-electron chi connectivity index (χ0n) is 13.3. The number of rotatable bonds is 10. The van der Waals surface area contributed by atoms with Crippen LogP contribution in [0.15, 0.2) is 11.2 Å². The third-order valence-electron chi connectivity index (χ3n) is 2.76. The Morgan fingerprint density at radius 2 is 1.88 bits per heavy atom. The van der Waals surface area contributed by atoms with E-state index >= 15 is 0 Å². The van der Waals surface area contributed by atoms with Crippen LogP contribution in [0.2, 0.25) is 0 Å². The van der Waals surface area contributed by atoms with Gasteiger partial charge in [-0.25, -0.2) is 4.98 Å². The lowest BCUT2D eigenvalue weighted by Gasteiger charge is -2.10. The van der Waals surface area contributed by atoms with E-state index in [1.54, 1.807) is 6.26 Å². The third-order valence-corrected chi connectivity index (χ3v) is 4.26. The first kappa shape index (κ1) is 21.0. The highest BCUT2D eigenvalue weighted by Crippen LogP contribution is 2.27. The summed E-state index contributed by atoms with van der Waals surface area (Å²) in [5.41, 5.74) is -5.12. The molecule has 0 saturated carbocycles. The van der Waals surface area contributed by atoms with Gasteiger partial charge in [-0.05, 0) is 25.5 Å². The fourth-order valence-corrected chi connectivity index (χ4v) is 2.37. The Hall–Kier alpha value is -1.07. The molecule has 0 saturated heterocycles. The molecule has 0 atom stereocenters. The Balaban J connectivity index is 2.74. The maximum absolute atomic E-state index is 12.4. The SMILES string of the molecule is CCCCOCCCc1cc(OS(=O)(=O)C(F)(F)F)nc(SC)n1. The lowest BCUT2D eigenvalue weighted by molar-refractivity contribution is -0.0501. The Bertz CT molecular complexity index is 624. The van der Waals surface area contributed by atoms with Crippen LogP contribution in [-0.2, 0) is 21.3 Å². The minimum absolute atomic E-state index is 0.131. The summed E-state index contributed by atoms with van der Waals surface area (Å²) in [5.74, 6) is -0.645. The summed E-state index contributed by atoms with van der Waals surface area (Å²) in [6.45, 7) is 3.18. The van der Waals surface area contributed by atoms with Gasteiger partial charge in [-0.2, -0.15) is 26.6 Å². The fraction of sp³-hybridized carbons (Fsp3) is 0.692. The Kier molecular flexibility index (Phi) is 8.23. The molecule has 0 fully saturated rings. The Morgan fingerprint density at radius 3 is 2.46 bits per heavy atom. The standard InChI is InChI=1S/C13H19F3N2O4S2/c1-3-4-7-21-8-5-6-10-9-11(18-12(17-10)23-2)22-24(19,20)13(14,15)16/h9H,3-8H2,1-2H3. The van der Waals surface area contributed by atoms with E-state index in [0.29, 0.717) is 31.7 Å². The third kappa shape index (κ3) is 6.81. The Morgan fingerprint density at radius 1 is 1.21 bits per heavy atom. The van der Waals surface area contributed by atoms with Crippen molar-refractivity contribution in [2.75, 3.05) is 19.5 Å². The van der Waals surface area contributed by atoms with Crippen LogP contribution in [0.25, 0.3) is 0 Å². The number of aryl methyl sites for hydroxylation is 1. The van der Waals surface area contributed by atoms with Gasteiger partial charge in [0, 0.05) is 25.0 Å². The van der Waals surface area contributed by atoms with Crippen LogP contribution in [-0.4, -0.2) is 43.4 Å². The number of aromatic nitrogens is 2. The molecule has 6 nitrogen and oxygen atoms in total. The zero-order valence-corrected chi connectivity index (χ0v) is 14.9. The molecule has 0 aliphatic heterocycles. The van der Waals surface area contributed by atoms with Gasteiger partial charge in [0.15, 0.2) is 5.16 Å². The molecule has 24 heavy (non-hydrogen) atoms. The van der Waals surface area contributed by atoms with Crippen LogP contribution in [0.4, 0.5) is 13.2 Å². The molecule has 1 heterocycles. The number of nitrogens with zero attached hydrogens (tertiary/aromatic N) is 2. The largest absolute Gasteiger partial charge is 0.534 e. The molecule has 0 unspecified atom stereocenters. The lowest BCUT2D eigenvalue weighted by Crippen LogP contribution is -2.28. The number of hydrogen-bond donors (Lipinski definition) is 0. The summed E-state index contributed by atoms with van der Waals surface area (Å²) < 4.78 is 68.7. The first-order valence-electron chi connectivity index (χ1n) is 7.20. The molecule has 1 aromatic rings. The molecule has 1 aromatic heterocycles. The van der Waals surface area contributed by atoms with Crippen molar-refractivity contribution in [3.05, 3.63) is 11.8 Å². The van der Waals surface area contributed by atoms with Crippen LogP contribution in [0.5, 0.6) is 5.88 Å². The predicted molar refractivity (Wildman–Crippen MR) is 83.5 cm³/mol. The molecule has 0 aliphatic rings. The van der Waals surface area contributed by atoms with Gasteiger partial charge in [0.2, 0.25) is 5.88 Å². The predicted octanol–water partition coefficient (Wildman–Crippen LogP) is 3.18. The number of halogens is 3. The van der Waals surface area contributed by atoms with Crippen molar-refractivity contribution in [2.24, 2.45) is 0 Å². The normalized spacial score (nSPS) is 12.4. The highest BCUT2D eigenvalue weighted by molar-refractivity contribution is 7.98. The van der Waals surface area contributed by atoms with E-state index in [-0.39, 0.29) is 5.16 Å². The molecule has 11 heteroatoms. The number of thioether (sulfide) groups is 1. The van der Waals surface area contributed by atoms with Gasteiger partial charge in [-0.15, -0.1) is 0 Å². The van der Waals surface area contributed by atoms with Crippen molar-refractivity contribution in [1.82, 2.24) is 9.97 Å².